The Morgan fingerprint density at radius 2 is 1.79 bits per heavy atom. The number of anilines is 2. The van der Waals surface area contributed by atoms with E-state index in [1.165, 1.54) is 12.5 Å². The summed E-state index contributed by atoms with van der Waals surface area (Å²) in [5.74, 6) is 0.898. The Morgan fingerprint density at radius 3 is 2.54 bits per heavy atom. The lowest BCUT2D eigenvalue weighted by atomic mass is 10.3. The second kappa shape index (κ2) is 5.70. The number of rotatable bonds is 2. The number of hydrogen-bond donors (Lipinski definition) is 0. The van der Waals surface area contributed by atoms with E-state index in [0.29, 0.717) is 18.9 Å². The molecule has 24 heavy (non-hydrogen) atoms. The Morgan fingerprint density at radius 1 is 1.04 bits per heavy atom. The summed E-state index contributed by atoms with van der Waals surface area (Å²) >= 11 is 0. The molecule has 4 rings (SSSR count). The normalized spacial score (nSPS) is 15.3. The van der Waals surface area contributed by atoms with Gasteiger partial charge >= 0.3 is 0 Å². The third-order valence-electron chi connectivity index (χ3n) is 4.48. The van der Waals surface area contributed by atoms with E-state index in [0.717, 1.165) is 35.9 Å². The summed E-state index contributed by atoms with van der Waals surface area (Å²) in [6, 6.07) is 3.97. The highest BCUT2D eigenvalue weighted by Gasteiger charge is 2.22. The summed E-state index contributed by atoms with van der Waals surface area (Å²) < 4.78 is 15.7. The first-order valence-electron chi connectivity index (χ1n) is 7.92. The largest absolute Gasteiger partial charge is 0.352 e. The van der Waals surface area contributed by atoms with Gasteiger partial charge in [-0.05, 0) is 26.0 Å². The van der Waals surface area contributed by atoms with Gasteiger partial charge in [0.1, 0.15) is 12.1 Å². The summed E-state index contributed by atoms with van der Waals surface area (Å²) in [6.45, 7) is 6.90. The Kier molecular flexibility index (Phi) is 3.51. The zero-order valence-electron chi connectivity index (χ0n) is 13.6. The van der Waals surface area contributed by atoms with Crippen molar-refractivity contribution in [1.29, 1.82) is 0 Å². The zero-order valence-corrected chi connectivity index (χ0v) is 13.6. The molecule has 0 spiro atoms. The maximum absolute atomic E-state index is 13.8. The topological polar surface area (TPSA) is 62.5 Å². The molecular formula is C16H18FN7. The van der Waals surface area contributed by atoms with Crippen molar-refractivity contribution in [3.05, 3.63) is 41.9 Å². The van der Waals surface area contributed by atoms with Crippen LogP contribution in [0.15, 0.2) is 24.7 Å². The molecule has 0 saturated carbocycles. The van der Waals surface area contributed by atoms with Crippen molar-refractivity contribution in [3.8, 4) is 0 Å². The highest BCUT2D eigenvalue weighted by atomic mass is 19.1. The molecule has 0 unspecified atom stereocenters. The third-order valence-corrected chi connectivity index (χ3v) is 4.48. The fraction of sp³-hybridized carbons (Fsp3) is 0.375. The molecule has 3 aromatic rings. The van der Waals surface area contributed by atoms with Crippen molar-refractivity contribution < 1.29 is 4.39 Å². The highest BCUT2D eigenvalue weighted by molar-refractivity contribution is 5.50. The average molecular weight is 327 g/mol. The number of halogens is 1. The molecule has 3 aromatic heterocycles. The molecule has 124 valence electrons. The van der Waals surface area contributed by atoms with Crippen LogP contribution in [0.3, 0.4) is 0 Å². The van der Waals surface area contributed by atoms with Gasteiger partial charge in [0.05, 0.1) is 17.6 Å². The number of imidazole rings is 1. The van der Waals surface area contributed by atoms with Gasteiger partial charge in [-0.2, -0.15) is 0 Å². The number of fused-ring (bicyclic) bond motifs is 1. The molecule has 4 heterocycles. The maximum Gasteiger partial charge on any atom is 0.183 e. The number of aryl methyl sites for hydroxylation is 2. The number of piperazine rings is 1. The molecule has 8 heteroatoms. The summed E-state index contributed by atoms with van der Waals surface area (Å²) in [5.41, 5.74) is 2.90. The van der Waals surface area contributed by atoms with Crippen molar-refractivity contribution in [2.24, 2.45) is 0 Å². The Balaban J connectivity index is 1.53. The Labute approximate surface area is 138 Å². The molecule has 1 aliphatic rings. The second-order valence-electron chi connectivity index (χ2n) is 5.91. The quantitative estimate of drug-likeness (QED) is 0.712. The first kappa shape index (κ1) is 14.8. The molecular weight excluding hydrogens is 309 g/mol. The van der Waals surface area contributed by atoms with Crippen LogP contribution in [0, 0.1) is 19.7 Å². The van der Waals surface area contributed by atoms with Gasteiger partial charge in [0.2, 0.25) is 0 Å². The summed E-state index contributed by atoms with van der Waals surface area (Å²) in [4.78, 5) is 16.4. The maximum atomic E-state index is 13.8. The van der Waals surface area contributed by atoms with Crippen LogP contribution in [0.2, 0.25) is 0 Å². The fourth-order valence-electron chi connectivity index (χ4n) is 3.00. The summed E-state index contributed by atoms with van der Waals surface area (Å²) in [5, 5.41) is 4.70. The van der Waals surface area contributed by atoms with Crippen molar-refractivity contribution in [3.63, 3.8) is 0 Å². The predicted octanol–water partition coefficient (Wildman–Crippen LogP) is 1.60. The standard InChI is InChI=1S/C16H18FN7/c1-11-12(2)24-14(20-11)3-4-15(21-24)22-5-7-23(8-6-22)16-13(17)9-18-10-19-16/h3-4,9-10H,5-8H2,1-2H3. The van der Waals surface area contributed by atoms with Gasteiger partial charge in [-0.15, -0.1) is 5.10 Å². The molecule has 1 fully saturated rings. The van der Waals surface area contributed by atoms with Crippen molar-refractivity contribution in [2.75, 3.05) is 36.0 Å². The van der Waals surface area contributed by atoms with E-state index in [1.54, 1.807) is 0 Å². The Hall–Kier alpha value is -2.77. The van der Waals surface area contributed by atoms with E-state index < -0.39 is 0 Å². The second-order valence-corrected chi connectivity index (χ2v) is 5.91. The van der Waals surface area contributed by atoms with Crippen molar-refractivity contribution in [2.45, 2.75) is 13.8 Å². The van der Waals surface area contributed by atoms with E-state index in [-0.39, 0.29) is 5.82 Å². The van der Waals surface area contributed by atoms with E-state index in [4.69, 9.17) is 5.10 Å². The van der Waals surface area contributed by atoms with Crippen molar-refractivity contribution in [1.82, 2.24) is 24.6 Å². The van der Waals surface area contributed by atoms with Crippen LogP contribution in [-0.2, 0) is 0 Å². The first-order valence-corrected chi connectivity index (χ1v) is 7.92. The predicted molar refractivity (Wildman–Crippen MR) is 88.9 cm³/mol. The van der Waals surface area contributed by atoms with Gasteiger partial charge in [-0.1, -0.05) is 0 Å². The van der Waals surface area contributed by atoms with Gasteiger partial charge in [-0.3, -0.25) is 0 Å². The highest BCUT2D eigenvalue weighted by Crippen LogP contribution is 2.20. The van der Waals surface area contributed by atoms with E-state index in [1.807, 2.05) is 35.4 Å². The van der Waals surface area contributed by atoms with Crippen LogP contribution in [-0.4, -0.2) is 50.7 Å². The molecule has 0 aromatic carbocycles. The third kappa shape index (κ3) is 2.44. The average Bonchev–Trinajstić information content (AvgIpc) is 2.90. The van der Waals surface area contributed by atoms with Gasteiger partial charge < -0.3 is 9.80 Å². The first-order chi connectivity index (χ1) is 11.6. The number of aromatic nitrogens is 5. The van der Waals surface area contributed by atoms with E-state index >= 15 is 0 Å². The SMILES string of the molecule is Cc1nc2ccc(N3CCN(c4ncncc4F)CC3)nn2c1C. The fourth-order valence-corrected chi connectivity index (χ4v) is 3.00. The molecule has 1 saturated heterocycles. The van der Waals surface area contributed by atoms with Gasteiger partial charge in [0.25, 0.3) is 0 Å². The van der Waals surface area contributed by atoms with Crippen LogP contribution >= 0.6 is 0 Å². The van der Waals surface area contributed by atoms with Crippen LogP contribution in [0.4, 0.5) is 16.0 Å². The zero-order chi connectivity index (χ0) is 16.7. The van der Waals surface area contributed by atoms with Crippen LogP contribution in [0.25, 0.3) is 5.65 Å². The smallest absolute Gasteiger partial charge is 0.183 e. The molecule has 1 aliphatic heterocycles. The van der Waals surface area contributed by atoms with Gasteiger partial charge in [0.15, 0.2) is 17.3 Å². The molecule has 0 aliphatic carbocycles. The van der Waals surface area contributed by atoms with Gasteiger partial charge in [-0.25, -0.2) is 23.9 Å². The summed E-state index contributed by atoms with van der Waals surface area (Å²) in [6.07, 6.45) is 2.58. The lowest BCUT2D eigenvalue weighted by Gasteiger charge is -2.35. The molecule has 0 N–H and O–H groups in total. The van der Waals surface area contributed by atoms with Crippen LogP contribution in [0.5, 0.6) is 0 Å². The Bertz CT molecular complexity index is 883. The molecule has 7 nitrogen and oxygen atoms in total. The molecule has 0 amide bonds. The monoisotopic (exact) mass is 327 g/mol. The summed E-state index contributed by atoms with van der Waals surface area (Å²) in [7, 11) is 0. The molecule has 0 radical (unpaired) electrons. The van der Waals surface area contributed by atoms with Gasteiger partial charge in [0, 0.05) is 26.2 Å². The molecule has 0 bridgehead atoms. The van der Waals surface area contributed by atoms with Crippen molar-refractivity contribution >= 4 is 17.3 Å². The molecule has 0 atom stereocenters. The van der Waals surface area contributed by atoms with Crippen LogP contribution in [0.1, 0.15) is 11.4 Å². The van der Waals surface area contributed by atoms with E-state index in [2.05, 4.69) is 19.9 Å². The van der Waals surface area contributed by atoms with Crippen LogP contribution < -0.4 is 9.80 Å². The lowest BCUT2D eigenvalue weighted by molar-refractivity contribution is 0.580. The number of nitrogens with zero attached hydrogens (tertiary/aromatic N) is 7. The minimum Gasteiger partial charge on any atom is -0.352 e. The minimum atomic E-state index is -0.380. The lowest BCUT2D eigenvalue weighted by Crippen LogP contribution is -2.47. The minimum absolute atomic E-state index is 0.370. The van der Waals surface area contributed by atoms with E-state index in [9.17, 15) is 4.39 Å². The number of hydrogen-bond acceptors (Lipinski definition) is 6.